The summed E-state index contributed by atoms with van der Waals surface area (Å²) < 4.78 is 11.5. The molecule has 136 valence electrons. The Labute approximate surface area is 152 Å². The van der Waals surface area contributed by atoms with Crippen LogP contribution in [0.25, 0.3) is 0 Å². The molecule has 3 aliphatic rings. The minimum Gasteiger partial charge on any atom is -0.425 e. The number of nitrogens with zero attached hydrogens (tertiary/aromatic N) is 3. The Morgan fingerprint density at radius 2 is 2.12 bits per heavy atom. The SMILES string of the molecule is Cc1ccc(C2CC2)c(C(=O)N2C[C@H]3COC[C@@]3(c3nnc(C)o3)C2)c1. The van der Waals surface area contributed by atoms with Crippen LogP contribution >= 0.6 is 0 Å². The van der Waals surface area contributed by atoms with E-state index in [0.29, 0.717) is 44.0 Å². The molecule has 6 nitrogen and oxygen atoms in total. The van der Waals surface area contributed by atoms with E-state index in [1.807, 2.05) is 17.9 Å². The topological polar surface area (TPSA) is 68.5 Å². The van der Waals surface area contributed by atoms with Gasteiger partial charge in [-0.25, -0.2) is 0 Å². The maximum atomic E-state index is 13.4. The molecular weight excluding hydrogens is 330 g/mol. The van der Waals surface area contributed by atoms with Crippen molar-refractivity contribution >= 4 is 5.91 Å². The predicted octanol–water partition coefficient (Wildman–Crippen LogP) is 2.60. The summed E-state index contributed by atoms with van der Waals surface area (Å²) in [6.45, 7) is 6.27. The lowest BCUT2D eigenvalue weighted by atomic mass is 9.81. The van der Waals surface area contributed by atoms with Crippen LogP contribution in [0.1, 0.15) is 52.0 Å². The molecule has 2 aliphatic heterocycles. The van der Waals surface area contributed by atoms with E-state index >= 15 is 0 Å². The van der Waals surface area contributed by atoms with Crippen LogP contribution in [0.3, 0.4) is 0 Å². The van der Waals surface area contributed by atoms with Gasteiger partial charge in [0.2, 0.25) is 11.8 Å². The Balaban J connectivity index is 1.47. The molecule has 1 saturated carbocycles. The minimum absolute atomic E-state index is 0.126. The highest BCUT2D eigenvalue weighted by Gasteiger charge is 2.56. The summed E-state index contributed by atoms with van der Waals surface area (Å²) in [4.78, 5) is 15.3. The molecule has 3 heterocycles. The van der Waals surface area contributed by atoms with Crippen LogP contribution in [0, 0.1) is 19.8 Å². The number of aryl methyl sites for hydroxylation is 2. The first-order valence-electron chi connectivity index (χ1n) is 9.35. The summed E-state index contributed by atoms with van der Waals surface area (Å²) in [7, 11) is 0. The molecule has 2 atom stereocenters. The second kappa shape index (κ2) is 5.64. The molecule has 0 unspecified atom stereocenters. The van der Waals surface area contributed by atoms with Crippen LogP contribution in [0.15, 0.2) is 22.6 Å². The lowest BCUT2D eigenvalue weighted by Crippen LogP contribution is -2.37. The van der Waals surface area contributed by atoms with Crippen LogP contribution in [-0.2, 0) is 10.2 Å². The summed E-state index contributed by atoms with van der Waals surface area (Å²) in [6.07, 6.45) is 2.37. The monoisotopic (exact) mass is 353 g/mol. The van der Waals surface area contributed by atoms with Crippen molar-refractivity contribution in [2.45, 2.75) is 38.0 Å². The molecule has 1 aliphatic carbocycles. The van der Waals surface area contributed by atoms with Gasteiger partial charge in [-0.1, -0.05) is 17.7 Å². The highest BCUT2D eigenvalue weighted by atomic mass is 16.5. The van der Waals surface area contributed by atoms with Crippen molar-refractivity contribution in [1.82, 2.24) is 15.1 Å². The molecule has 0 spiro atoms. The summed E-state index contributed by atoms with van der Waals surface area (Å²) in [5.74, 6) is 2.05. The summed E-state index contributed by atoms with van der Waals surface area (Å²) in [5, 5.41) is 8.26. The van der Waals surface area contributed by atoms with E-state index in [1.165, 1.54) is 18.4 Å². The average Bonchev–Trinajstić information content (AvgIpc) is 3.06. The smallest absolute Gasteiger partial charge is 0.254 e. The van der Waals surface area contributed by atoms with Gasteiger partial charge in [-0.05, 0) is 37.3 Å². The molecule has 5 rings (SSSR count). The first-order valence-corrected chi connectivity index (χ1v) is 9.35. The molecule has 2 aromatic rings. The molecule has 1 aromatic heterocycles. The second-order valence-electron chi connectivity index (χ2n) is 8.05. The molecule has 0 N–H and O–H groups in total. The van der Waals surface area contributed by atoms with Crippen molar-refractivity contribution in [3.05, 3.63) is 46.7 Å². The van der Waals surface area contributed by atoms with Gasteiger partial charge in [0.1, 0.15) is 0 Å². The van der Waals surface area contributed by atoms with E-state index in [4.69, 9.17) is 9.15 Å². The van der Waals surface area contributed by atoms with Gasteiger partial charge in [0.15, 0.2) is 0 Å². The second-order valence-corrected chi connectivity index (χ2v) is 8.05. The van der Waals surface area contributed by atoms with Crippen LogP contribution < -0.4 is 0 Å². The van der Waals surface area contributed by atoms with E-state index in [2.05, 4.69) is 22.3 Å². The van der Waals surface area contributed by atoms with E-state index in [1.54, 1.807) is 6.92 Å². The van der Waals surface area contributed by atoms with Crippen molar-refractivity contribution in [3.8, 4) is 0 Å². The maximum Gasteiger partial charge on any atom is 0.254 e. The number of aromatic nitrogens is 2. The minimum atomic E-state index is -0.361. The van der Waals surface area contributed by atoms with Gasteiger partial charge in [0, 0.05) is 31.5 Å². The van der Waals surface area contributed by atoms with Crippen molar-refractivity contribution in [2.75, 3.05) is 26.3 Å². The molecule has 2 saturated heterocycles. The fraction of sp³-hybridized carbons (Fsp3) is 0.550. The summed E-state index contributed by atoms with van der Waals surface area (Å²) in [5.41, 5.74) is 2.84. The lowest BCUT2D eigenvalue weighted by Gasteiger charge is -2.23. The number of likely N-dealkylation sites (tertiary alicyclic amines) is 1. The van der Waals surface area contributed by atoms with Gasteiger partial charge in [-0.2, -0.15) is 0 Å². The Morgan fingerprint density at radius 3 is 2.85 bits per heavy atom. The molecular formula is C20H23N3O3. The first kappa shape index (κ1) is 16.0. The third kappa shape index (κ3) is 2.39. The molecule has 0 bridgehead atoms. The fourth-order valence-corrected chi connectivity index (χ4v) is 4.47. The van der Waals surface area contributed by atoms with Crippen LogP contribution in [-0.4, -0.2) is 47.3 Å². The zero-order valence-electron chi connectivity index (χ0n) is 15.2. The molecule has 26 heavy (non-hydrogen) atoms. The quantitative estimate of drug-likeness (QED) is 0.848. The van der Waals surface area contributed by atoms with Crippen molar-refractivity contribution in [2.24, 2.45) is 5.92 Å². The first-order chi connectivity index (χ1) is 12.6. The summed E-state index contributed by atoms with van der Waals surface area (Å²) in [6, 6.07) is 6.29. The van der Waals surface area contributed by atoms with Gasteiger partial charge in [-0.15, -0.1) is 10.2 Å². The Hall–Kier alpha value is -2.21. The van der Waals surface area contributed by atoms with E-state index in [9.17, 15) is 4.79 Å². The number of carbonyl (C=O) groups is 1. The van der Waals surface area contributed by atoms with Gasteiger partial charge in [-0.3, -0.25) is 4.79 Å². The Bertz CT molecular complexity index is 873. The number of benzene rings is 1. The lowest BCUT2D eigenvalue weighted by molar-refractivity contribution is 0.0737. The summed E-state index contributed by atoms with van der Waals surface area (Å²) >= 11 is 0. The molecule has 1 aromatic carbocycles. The number of ether oxygens (including phenoxy) is 1. The Kier molecular flexibility index (Phi) is 3.47. The average molecular weight is 353 g/mol. The van der Waals surface area contributed by atoms with Gasteiger partial charge >= 0.3 is 0 Å². The number of hydrogen-bond donors (Lipinski definition) is 0. The molecule has 3 fully saturated rings. The highest BCUT2D eigenvalue weighted by molar-refractivity contribution is 5.96. The van der Waals surface area contributed by atoms with E-state index in [-0.39, 0.29) is 17.2 Å². The predicted molar refractivity (Wildman–Crippen MR) is 94.1 cm³/mol. The number of hydrogen-bond acceptors (Lipinski definition) is 5. The van der Waals surface area contributed by atoms with Crippen molar-refractivity contribution in [3.63, 3.8) is 0 Å². The number of amides is 1. The molecule has 1 amide bonds. The zero-order chi connectivity index (χ0) is 17.9. The third-order valence-corrected chi connectivity index (χ3v) is 6.07. The number of fused-ring (bicyclic) bond motifs is 1. The number of rotatable bonds is 3. The normalized spacial score (nSPS) is 27.8. The zero-order valence-corrected chi connectivity index (χ0v) is 15.2. The van der Waals surface area contributed by atoms with Gasteiger partial charge in [0.05, 0.1) is 18.6 Å². The van der Waals surface area contributed by atoms with Crippen LogP contribution in [0.4, 0.5) is 0 Å². The van der Waals surface area contributed by atoms with Crippen molar-refractivity contribution < 1.29 is 13.9 Å². The Morgan fingerprint density at radius 1 is 1.27 bits per heavy atom. The van der Waals surface area contributed by atoms with Crippen LogP contribution in [0.2, 0.25) is 0 Å². The van der Waals surface area contributed by atoms with Crippen LogP contribution in [0.5, 0.6) is 0 Å². The van der Waals surface area contributed by atoms with Gasteiger partial charge < -0.3 is 14.1 Å². The fourth-order valence-electron chi connectivity index (χ4n) is 4.47. The standard InChI is InChI=1S/C20H23N3O3/c1-12-3-6-16(14-4-5-14)17(7-12)18(24)23-8-15-9-25-11-20(15,10-23)19-22-21-13(2)26-19/h3,6-7,14-15H,4-5,8-11H2,1-2H3/t15-,20-/m0/s1. The molecule has 6 heteroatoms. The third-order valence-electron chi connectivity index (χ3n) is 6.07. The van der Waals surface area contributed by atoms with E-state index in [0.717, 1.165) is 11.1 Å². The number of carbonyl (C=O) groups excluding carboxylic acids is 1. The van der Waals surface area contributed by atoms with E-state index < -0.39 is 0 Å². The highest BCUT2D eigenvalue weighted by Crippen LogP contribution is 2.45. The largest absolute Gasteiger partial charge is 0.425 e. The van der Waals surface area contributed by atoms with Crippen molar-refractivity contribution in [1.29, 1.82) is 0 Å². The maximum absolute atomic E-state index is 13.4. The molecule has 0 radical (unpaired) electrons. The van der Waals surface area contributed by atoms with Gasteiger partial charge in [0.25, 0.3) is 5.91 Å².